The molecule has 182 valence electrons. The summed E-state index contributed by atoms with van der Waals surface area (Å²) in [5.41, 5.74) is 9.38. The molecule has 7 heteroatoms. The van der Waals surface area contributed by atoms with Crippen LogP contribution in [-0.2, 0) is 6.54 Å². The Bertz CT molecular complexity index is 1180. The number of aliphatic imine (C=N–C) groups is 1. The third kappa shape index (κ3) is 4.48. The SMILES string of the molecule is CC(C)c1ccccc1C(=O)NCc1ccc(C2=C3C(=N)N=CN(C)C3N(C3CCCC3)N2)cc1. The molecule has 0 bridgehead atoms. The van der Waals surface area contributed by atoms with E-state index in [9.17, 15) is 4.79 Å². The molecule has 2 aromatic carbocycles. The third-order valence-corrected chi connectivity index (χ3v) is 7.28. The first-order chi connectivity index (χ1) is 16.9. The Labute approximate surface area is 207 Å². The van der Waals surface area contributed by atoms with Crippen LogP contribution in [0.5, 0.6) is 0 Å². The average molecular weight is 471 g/mol. The lowest BCUT2D eigenvalue weighted by Crippen LogP contribution is -2.54. The normalized spacial score (nSPS) is 20.5. The summed E-state index contributed by atoms with van der Waals surface area (Å²) in [6, 6.07) is 16.5. The first kappa shape index (κ1) is 23.3. The van der Waals surface area contributed by atoms with Crippen molar-refractivity contribution in [3.8, 4) is 0 Å². The van der Waals surface area contributed by atoms with Crippen molar-refractivity contribution in [2.24, 2.45) is 4.99 Å². The van der Waals surface area contributed by atoms with Gasteiger partial charge in [0.25, 0.3) is 5.91 Å². The molecule has 1 aliphatic carbocycles. The molecule has 0 spiro atoms. The summed E-state index contributed by atoms with van der Waals surface area (Å²) >= 11 is 0. The van der Waals surface area contributed by atoms with Crippen LogP contribution in [0, 0.1) is 5.41 Å². The van der Waals surface area contributed by atoms with Crippen LogP contribution in [0.25, 0.3) is 5.70 Å². The van der Waals surface area contributed by atoms with Gasteiger partial charge in [-0.3, -0.25) is 10.2 Å². The Morgan fingerprint density at radius 3 is 2.57 bits per heavy atom. The average Bonchev–Trinajstić information content (AvgIpc) is 3.54. The van der Waals surface area contributed by atoms with E-state index in [4.69, 9.17) is 5.41 Å². The van der Waals surface area contributed by atoms with E-state index in [0.717, 1.165) is 33.5 Å². The van der Waals surface area contributed by atoms with Crippen molar-refractivity contribution >= 4 is 23.8 Å². The zero-order valence-electron chi connectivity index (χ0n) is 20.7. The van der Waals surface area contributed by atoms with E-state index in [1.165, 1.54) is 25.7 Å². The largest absolute Gasteiger partial charge is 0.348 e. The highest BCUT2D eigenvalue weighted by molar-refractivity contribution is 6.09. The molecule has 5 rings (SSSR count). The lowest BCUT2D eigenvalue weighted by Gasteiger charge is -2.37. The molecule has 1 fully saturated rings. The van der Waals surface area contributed by atoms with Crippen molar-refractivity contribution < 1.29 is 4.79 Å². The quantitative estimate of drug-likeness (QED) is 0.581. The molecule has 1 unspecified atom stereocenters. The summed E-state index contributed by atoms with van der Waals surface area (Å²) in [4.78, 5) is 19.2. The van der Waals surface area contributed by atoms with Gasteiger partial charge in [0, 0.05) is 25.2 Å². The number of amides is 1. The summed E-state index contributed by atoms with van der Waals surface area (Å²) < 4.78 is 0. The predicted molar refractivity (Wildman–Crippen MR) is 140 cm³/mol. The maximum atomic E-state index is 12.8. The molecule has 1 amide bonds. The van der Waals surface area contributed by atoms with Crippen LogP contribution in [-0.4, -0.2) is 47.2 Å². The highest BCUT2D eigenvalue weighted by Gasteiger charge is 2.43. The van der Waals surface area contributed by atoms with Gasteiger partial charge in [0.15, 0.2) is 5.84 Å². The van der Waals surface area contributed by atoms with Crippen LogP contribution in [0.2, 0.25) is 0 Å². The van der Waals surface area contributed by atoms with Crippen LogP contribution in [0.1, 0.15) is 72.5 Å². The number of likely N-dealkylation sites (N-methyl/N-ethyl adjacent to an activating group) is 1. The number of hydrogen-bond acceptors (Lipinski definition) is 5. The van der Waals surface area contributed by atoms with E-state index in [2.05, 4.69) is 51.6 Å². The second-order valence-corrected chi connectivity index (χ2v) is 10.00. The van der Waals surface area contributed by atoms with Crippen LogP contribution in [0.15, 0.2) is 59.1 Å². The molecule has 3 aliphatic rings. The molecule has 2 aliphatic heterocycles. The molecule has 0 saturated heterocycles. The molecular weight excluding hydrogens is 436 g/mol. The van der Waals surface area contributed by atoms with Crippen LogP contribution < -0.4 is 10.7 Å². The van der Waals surface area contributed by atoms with E-state index in [-0.39, 0.29) is 12.1 Å². The Morgan fingerprint density at radius 2 is 1.86 bits per heavy atom. The maximum absolute atomic E-state index is 12.8. The number of rotatable bonds is 6. The number of carbonyl (C=O) groups is 1. The number of carbonyl (C=O) groups excluding carboxylic acids is 1. The number of hydrazine groups is 1. The topological polar surface area (TPSA) is 83.8 Å². The van der Waals surface area contributed by atoms with Crippen molar-refractivity contribution in [3.63, 3.8) is 0 Å². The van der Waals surface area contributed by atoms with Crippen molar-refractivity contribution in [3.05, 3.63) is 76.4 Å². The first-order valence-corrected chi connectivity index (χ1v) is 12.5. The predicted octanol–water partition coefficient (Wildman–Crippen LogP) is 4.49. The molecule has 35 heavy (non-hydrogen) atoms. The van der Waals surface area contributed by atoms with Gasteiger partial charge in [0.05, 0.1) is 17.6 Å². The van der Waals surface area contributed by atoms with Crippen molar-refractivity contribution in [2.75, 3.05) is 7.05 Å². The lowest BCUT2D eigenvalue weighted by atomic mass is 9.97. The van der Waals surface area contributed by atoms with Gasteiger partial charge in [-0.2, -0.15) is 5.01 Å². The number of hydrogen-bond donors (Lipinski definition) is 3. The van der Waals surface area contributed by atoms with Gasteiger partial charge < -0.3 is 15.6 Å². The zero-order chi connectivity index (χ0) is 24.5. The van der Waals surface area contributed by atoms with Gasteiger partial charge >= 0.3 is 0 Å². The van der Waals surface area contributed by atoms with Crippen LogP contribution >= 0.6 is 0 Å². The van der Waals surface area contributed by atoms with E-state index in [0.29, 0.717) is 24.3 Å². The fourth-order valence-electron chi connectivity index (χ4n) is 5.41. The summed E-state index contributed by atoms with van der Waals surface area (Å²) in [7, 11) is 2.02. The maximum Gasteiger partial charge on any atom is 0.251 e. The summed E-state index contributed by atoms with van der Waals surface area (Å²) in [6.45, 7) is 4.67. The number of amidine groups is 1. The molecule has 2 heterocycles. The van der Waals surface area contributed by atoms with Crippen molar-refractivity contribution in [1.82, 2.24) is 20.7 Å². The molecule has 0 aromatic heterocycles. The molecule has 7 nitrogen and oxygen atoms in total. The summed E-state index contributed by atoms with van der Waals surface area (Å²) in [5.74, 6) is 0.558. The zero-order valence-corrected chi connectivity index (χ0v) is 20.7. The molecule has 0 radical (unpaired) electrons. The highest BCUT2D eigenvalue weighted by Crippen LogP contribution is 2.36. The number of fused-ring (bicyclic) bond motifs is 1. The minimum Gasteiger partial charge on any atom is -0.348 e. The van der Waals surface area contributed by atoms with Gasteiger partial charge in [0.1, 0.15) is 6.17 Å². The van der Waals surface area contributed by atoms with Gasteiger partial charge in [-0.25, -0.2) is 4.99 Å². The van der Waals surface area contributed by atoms with Crippen LogP contribution in [0.4, 0.5) is 0 Å². The minimum atomic E-state index is -0.0487. The van der Waals surface area contributed by atoms with E-state index in [1.54, 1.807) is 6.34 Å². The Morgan fingerprint density at radius 1 is 1.14 bits per heavy atom. The van der Waals surface area contributed by atoms with Crippen molar-refractivity contribution in [2.45, 2.75) is 64.2 Å². The van der Waals surface area contributed by atoms with Crippen molar-refractivity contribution in [1.29, 1.82) is 5.41 Å². The highest BCUT2D eigenvalue weighted by atomic mass is 16.1. The first-order valence-electron chi connectivity index (χ1n) is 12.5. The van der Waals surface area contributed by atoms with Gasteiger partial charge in [-0.15, -0.1) is 0 Å². The third-order valence-electron chi connectivity index (χ3n) is 7.28. The number of benzene rings is 2. The molecule has 1 atom stereocenters. The monoisotopic (exact) mass is 470 g/mol. The summed E-state index contributed by atoms with van der Waals surface area (Å²) in [5, 5.41) is 13.9. The lowest BCUT2D eigenvalue weighted by molar-refractivity contribution is 0.0762. The Hall–Kier alpha value is -3.45. The van der Waals surface area contributed by atoms with Gasteiger partial charge in [-0.05, 0) is 41.5 Å². The molecule has 3 N–H and O–H groups in total. The molecular formula is C28H34N6O. The molecule has 2 aromatic rings. The van der Waals surface area contributed by atoms with Crippen LogP contribution in [0.3, 0.4) is 0 Å². The second kappa shape index (κ2) is 9.66. The van der Waals surface area contributed by atoms with E-state index >= 15 is 0 Å². The van der Waals surface area contributed by atoms with Gasteiger partial charge in [0.2, 0.25) is 0 Å². The second-order valence-electron chi connectivity index (χ2n) is 10.00. The smallest absolute Gasteiger partial charge is 0.251 e. The number of nitrogens with zero attached hydrogens (tertiary/aromatic N) is 3. The minimum absolute atomic E-state index is 0.0157. The van der Waals surface area contributed by atoms with E-state index < -0.39 is 0 Å². The Kier molecular flexibility index (Phi) is 6.43. The summed E-state index contributed by atoms with van der Waals surface area (Å²) in [6.07, 6.45) is 6.57. The molecule has 1 saturated carbocycles. The Balaban J connectivity index is 1.33. The fourth-order valence-corrected chi connectivity index (χ4v) is 5.41. The fraction of sp³-hybridized carbons (Fsp3) is 0.393. The van der Waals surface area contributed by atoms with E-state index in [1.807, 2.05) is 43.4 Å². The standard InChI is InChI=1S/C28H34N6O/c1-18(2)22-10-6-7-11-23(22)27(35)30-16-19-12-14-20(15-13-19)25-24-26(29)31-17-33(3)28(24)34(32-25)21-8-4-5-9-21/h6-7,10-15,17-18,21,28-29,32H,4-5,8-9,16H2,1-3H3,(H,30,35). The van der Waals surface area contributed by atoms with Gasteiger partial charge in [-0.1, -0.05) is 69.2 Å². The number of nitrogens with one attached hydrogen (secondary N) is 3.